The molecule has 0 amide bonds. The van der Waals surface area contributed by atoms with Crippen LogP contribution in [0.4, 0.5) is 26.3 Å². The molecule has 0 aliphatic rings. The number of nitrogens with zero attached hydrogens (tertiary/aromatic N) is 4. The Morgan fingerprint density at radius 2 is 1.37 bits per heavy atom. The summed E-state index contributed by atoms with van der Waals surface area (Å²) < 4.78 is 66.3. The van der Waals surface area contributed by atoms with E-state index in [0.29, 0.717) is 16.6 Å². The largest absolute Gasteiger partial charge is 0.618 e. The SMILES string of the molecule is FC(F)=C(F)F.FC(F)c1cnc2ccccc2n1.[O-][n+]1ccnc2ccccc21. The fourth-order valence-electron chi connectivity index (χ4n) is 2.09. The second-order valence-corrected chi connectivity index (χ2v) is 5.35. The van der Waals surface area contributed by atoms with Gasteiger partial charge in [-0.3, -0.25) is 4.98 Å². The summed E-state index contributed by atoms with van der Waals surface area (Å²) in [5, 5.41) is 11.1. The molecule has 2 aromatic heterocycles. The van der Waals surface area contributed by atoms with E-state index in [-0.39, 0.29) is 5.69 Å². The summed E-state index contributed by atoms with van der Waals surface area (Å²) >= 11 is 0. The molecule has 30 heavy (non-hydrogen) atoms. The van der Waals surface area contributed by atoms with Gasteiger partial charge in [-0.2, -0.15) is 22.3 Å². The number of benzene rings is 2. The van der Waals surface area contributed by atoms with Crippen LogP contribution in [0.2, 0.25) is 0 Å². The molecule has 0 unspecified atom stereocenters. The third-order valence-corrected chi connectivity index (χ3v) is 3.37. The van der Waals surface area contributed by atoms with Gasteiger partial charge in [0.25, 0.3) is 6.43 Å². The molecular weight excluding hydrogens is 414 g/mol. The van der Waals surface area contributed by atoms with Gasteiger partial charge in [-0.25, -0.2) is 18.7 Å². The molecule has 0 spiro atoms. The van der Waals surface area contributed by atoms with Crippen LogP contribution in [-0.4, -0.2) is 15.0 Å². The van der Waals surface area contributed by atoms with E-state index in [1.807, 2.05) is 18.2 Å². The van der Waals surface area contributed by atoms with E-state index in [2.05, 4.69) is 15.0 Å². The summed E-state index contributed by atoms with van der Waals surface area (Å²) in [6, 6.07) is 14.2. The number of fused-ring (bicyclic) bond motifs is 2. The van der Waals surface area contributed by atoms with E-state index in [0.717, 1.165) is 16.4 Å². The fourth-order valence-corrected chi connectivity index (χ4v) is 2.09. The lowest BCUT2D eigenvalue weighted by Crippen LogP contribution is -2.26. The number of para-hydroxylation sites is 4. The standard InChI is InChI=1S/C9H6F2N2.C8H6N2O.C2F4/c10-9(11)8-5-12-6-3-1-2-4-7(6)13-8;11-10-6-5-9-7-3-1-2-4-8(7)10;3-1(4)2(5)6/h1-5,9H;1-6H;. The summed E-state index contributed by atoms with van der Waals surface area (Å²) in [6.45, 7) is 0. The molecule has 2 heterocycles. The minimum Gasteiger partial charge on any atom is -0.618 e. The Kier molecular flexibility index (Phi) is 8.03. The number of halogens is 6. The highest BCUT2D eigenvalue weighted by Crippen LogP contribution is 2.17. The first kappa shape index (κ1) is 22.5. The van der Waals surface area contributed by atoms with Crippen molar-refractivity contribution in [2.24, 2.45) is 0 Å². The maximum absolute atomic E-state index is 12.2. The topological polar surface area (TPSA) is 65.6 Å². The lowest BCUT2D eigenvalue weighted by Gasteiger charge is -1.99. The molecule has 5 nitrogen and oxygen atoms in total. The van der Waals surface area contributed by atoms with E-state index >= 15 is 0 Å². The van der Waals surface area contributed by atoms with Crippen LogP contribution in [-0.2, 0) is 0 Å². The van der Waals surface area contributed by atoms with Crippen molar-refractivity contribution < 1.29 is 31.1 Å². The second kappa shape index (κ2) is 10.7. The van der Waals surface area contributed by atoms with Crippen molar-refractivity contribution in [3.05, 3.63) is 90.2 Å². The van der Waals surface area contributed by atoms with Crippen LogP contribution < -0.4 is 4.73 Å². The van der Waals surface area contributed by atoms with Gasteiger partial charge in [0.15, 0.2) is 6.20 Å². The molecule has 0 bridgehead atoms. The molecule has 0 radical (unpaired) electrons. The van der Waals surface area contributed by atoms with Crippen LogP contribution in [0.15, 0.2) is 79.3 Å². The zero-order chi connectivity index (χ0) is 22.1. The lowest BCUT2D eigenvalue weighted by atomic mass is 10.3. The highest BCUT2D eigenvalue weighted by molar-refractivity contribution is 5.73. The Hall–Kier alpha value is -3.76. The lowest BCUT2D eigenvalue weighted by molar-refractivity contribution is -0.577. The van der Waals surface area contributed by atoms with Gasteiger partial charge in [-0.05, 0) is 18.2 Å². The van der Waals surface area contributed by atoms with Gasteiger partial charge in [0.05, 0.1) is 23.4 Å². The predicted molar refractivity (Wildman–Crippen MR) is 96.7 cm³/mol. The summed E-state index contributed by atoms with van der Waals surface area (Å²) in [6.07, 6.45) is -4.38. The van der Waals surface area contributed by atoms with Crippen LogP contribution in [0.1, 0.15) is 12.1 Å². The zero-order valence-corrected chi connectivity index (χ0v) is 14.9. The first-order chi connectivity index (χ1) is 14.3. The normalized spacial score (nSPS) is 10.1. The van der Waals surface area contributed by atoms with Gasteiger partial charge in [0, 0.05) is 6.07 Å². The molecule has 0 aliphatic heterocycles. The van der Waals surface area contributed by atoms with Crippen LogP contribution in [0.3, 0.4) is 0 Å². The maximum atomic E-state index is 12.2. The average molecular weight is 426 g/mol. The van der Waals surface area contributed by atoms with Gasteiger partial charge in [0.2, 0.25) is 5.52 Å². The van der Waals surface area contributed by atoms with E-state index < -0.39 is 18.6 Å². The third-order valence-electron chi connectivity index (χ3n) is 3.37. The molecule has 0 fully saturated rings. The van der Waals surface area contributed by atoms with Crippen molar-refractivity contribution in [1.82, 2.24) is 15.0 Å². The van der Waals surface area contributed by atoms with E-state index in [1.165, 1.54) is 12.4 Å². The Labute approximate surface area is 165 Å². The van der Waals surface area contributed by atoms with Crippen molar-refractivity contribution in [3.8, 4) is 0 Å². The van der Waals surface area contributed by atoms with Crippen molar-refractivity contribution in [1.29, 1.82) is 0 Å². The van der Waals surface area contributed by atoms with Crippen LogP contribution >= 0.6 is 0 Å². The Balaban J connectivity index is 0.000000172. The first-order valence-corrected chi connectivity index (χ1v) is 8.08. The molecule has 11 heteroatoms. The van der Waals surface area contributed by atoms with E-state index in [9.17, 15) is 31.5 Å². The molecule has 0 atom stereocenters. The van der Waals surface area contributed by atoms with Crippen LogP contribution in [0.25, 0.3) is 22.1 Å². The van der Waals surface area contributed by atoms with Gasteiger partial charge < -0.3 is 5.21 Å². The zero-order valence-electron chi connectivity index (χ0n) is 14.9. The summed E-state index contributed by atoms with van der Waals surface area (Å²) in [5.74, 6) is 0. The summed E-state index contributed by atoms with van der Waals surface area (Å²) in [4.78, 5) is 11.6. The Morgan fingerprint density at radius 1 is 0.800 bits per heavy atom. The van der Waals surface area contributed by atoms with Crippen molar-refractivity contribution in [3.63, 3.8) is 0 Å². The van der Waals surface area contributed by atoms with Gasteiger partial charge in [0.1, 0.15) is 11.2 Å². The molecule has 156 valence electrons. The predicted octanol–water partition coefficient (Wildman–Crippen LogP) is 5.43. The van der Waals surface area contributed by atoms with E-state index in [1.54, 1.807) is 30.3 Å². The van der Waals surface area contributed by atoms with Gasteiger partial charge in [-0.15, -0.1) is 0 Å². The number of rotatable bonds is 1. The highest BCUT2D eigenvalue weighted by Gasteiger charge is 2.09. The third kappa shape index (κ3) is 6.40. The van der Waals surface area contributed by atoms with Gasteiger partial charge >= 0.3 is 12.2 Å². The minimum absolute atomic E-state index is 0.279. The first-order valence-electron chi connectivity index (χ1n) is 8.08. The van der Waals surface area contributed by atoms with Gasteiger partial charge in [-0.1, -0.05) is 24.3 Å². The van der Waals surface area contributed by atoms with Crippen LogP contribution in [0.5, 0.6) is 0 Å². The Morgan fingerprint density at radius 3 is 1.93 bits per heavy atom. The molecule has 0 N–H and O–H groups in total. The number of aromatic nitrogens is 4. The molecular formula is C19H12F6N4O. The number of hydrogen-bond donors (Lipinski definition) is 0. The summed E-state index contributed by atoms with van der Waals surface area (Å²) in [5.41, 5.74) is 2.19. The minimum atomic E-state index is -2.91. The average Bonchev–Trinajstić information content (AvgIpc) is 2.74. The van der Waals surface area contributed by atoms with Crippen molar-refractivity contribution >= 4 is 22.1 Å². The maximum Gasteiger partial charge on any atom is 0.334 e. The molecule has 4 rings (SSSR count). The molecule has 0 saturated heterocycles. The molecule has 0 aliphatic carbocycles. The van der Waals surface area contributed by atoms with E-state index in [4.69, 9.17) is 0 Å². The van der Waals surface area contributed by atoms with Crippen molar-refractivity contribution in [2.45, 2.75) is 6.43 Å². The molecule has 4 aromatic rings. The quantitative estimate of drug-likeness (QED) is 0.231. The Bertz CT molecular complexity index is 1130. The van der Waals surface area contributed by atoms with Crippen molar-refractivity contribution in [2.75, 3.05) is 0 Å². The second-order valence-electron chi connectivity index (χ2n) is 5.35. The molecule has 0 saturated carbocycles. The number of hydrogen-bond acceptors (Lipinski definition) is 4. The summed E-state index contributed by atoms with van der Waals surface area (Å²) in [7, 11) is 0. The fraction of sp³-hybridized carbons (Fsp3) is 0.0526. The highest BCUT2D eigenvalue weighted by atomic mass is 19.3. The van der Waals surface area contributed by atoms with Crippen LogP contribution in [0, 0.1) is 5.21 Å². The smallest absolute Gasteiger partial charge is 0.334 e. The number of alkyl halides is 2. The molecule has 2 aromatic carbocycles. The monoisotopic (exact) mass is 426 g/mol.